The molecule has 0 unspecified atom stereocenters. The molecule has 2 N–H and O–H groups in total. The first kappa shape index (κ1) is 22.2. The van der Waals surface area contributed by atoms with Crippen molar-refractivity contribution < 1.29 is 13.6 Å². The van der Waals surface area contributed by atoms with Gasteiger partial charge < -0.3 is 10.6 Å². The number of para-hydroxylation sites is 1. The quantitative estimate of drug-likeness (QED) is 0.618. The van der Waals surface area contributed by atoms with Gasteiger partial charge in [-0.05, 0) is 31.6 Å². The maximum absolute atomic E-state index is 14.4. The van der Waals surface area contributed by atoms with Crippen LogP contribution in [0.2, 0.25) is 0 Å². The molecule has 1 aromatic heterocycles. The molecule has 0 bridgehead atoms. The number of thiol groups is 1. The summed E-state index contributed by atoms with van der Waals surface area (Å²) in [6.07, 6.45) is 5.91. The zero-order valence-electron chi connectivity index (χ0n) is 16.9. The van der Waals surface area contributed by atoms with Crippen LogP contribution >= 0.6 is 12.6 Å². The van der Waals surface area contributed by atoms with Crippen LogP contribution in [0.15, 0.2) is 42.6 Å². The molecule has 2 aromatic carbocycles. The maximum Gasteiger partial charge on any atom is 0.244 e. The lowest BCUT2D eigenvalue weighted by Crippen LogP contribution is -2.35. The molecule has 160 valence electrons. The number of likely N-dealkylation sites (tertiary alicyclic amines) is 1. The van der Waals surface area contributed by atoms with Gasteiger partial charge >= 0.3 is 0 Å². The molecule has 30 heavy (non-hydrogen) atoms. The Balaban J connectivity index is 0.00000124. The Labute approximate surface area is 180 Å². The number of fused-ring (bicyclic) bond motifs is 1. The van der Waals surface area contributed by atoms with Crippen LogP contribution in [-0.4, -0.2) is 46.0 Å². The molecule has 0 spiro atoms. The number of amides is 1. The molecule has 1 amide bonds. The van der Waals surface area contributed by atoms with Gasteiger partial charge in [-0.1, -0.05) is 30.3 Å². The van der Waals surface area contributed by atoms with Crippen LogP contribution in [0.4, 0.5) is 8.78 Å². The predicted molar refractivity (Wildman–Crippen MR) is 118 cm³/mol. The van der Waals surface area contributed by atoms with Crippen molar-refractivity contribution >= 4 is 29.4 Å². The Morgan fingerprint density at radius 2 is 1.87 bits per heavy atom. The van der Waals surface area contributed by atoms with Crippen molar-refractivity contribution in [1.29, 1.82) is 0 Å². The number of nitrogens with zero attached hydrogens (tertiary/aromatic N) is 3. The third-order valence-electron chi connectivity index (χ3n) is 5.31. The average Bonchev–Trinajstić information content (AvgIpc) is 3.03. The van der Waals surface area contributed by atoms with E-state index in [9.17, 15) is 13.6 Å². The molecule has 1 fully saturated rings. The molecular formula is C22H26F2N4OS. The highest BCUT2D eigenvalue weighted by molar-refractivity contribution is 7.79. The molecule has 0 saturated carbocycles. The Bertz CT molecular complexity index is 1020. The first-order chi connectivity index (χ1) is 14.5. The lowest BCUT2D eigenvalue weighted by Gasteiger charge is -2.21. The third-order valence-corrected chi connectivity index (χ3v) is 5.31. The molecule has 1 saturated heterocycles. The first-order valence-corrected chi connectivity index (χ1v) is 10.8. The summed E-state index contributed by atoms with van der Waals surface area (Å²) in [6.45, 7) is 1.36. The highest BCUT2D eigenvalue weighted by Gasteiger charge is 2.21. The molecule has 0 aliphatic carbocycles. The summed E-state index contributed by atoms with van der Waals surface area (Å²) in [4.78, 5) is 14.6. The standard InChI is InChI=1S/C21H22F2N4O.CH4S/c22-18-8-2-6-16(20(18)23)17-7-1-4-14-12-25-27(21(14)17)13-19(28)26-10-3-5-15(24)9-11-26;1-2/h1-2,4,6-8,12,15H,3,5,9-11,13,24H2;2H,1H3/t15-;/m0./s1. The molecule has 8 heteroatoms. The molecule has 1 aliphatic heterocycles. The summed E-state index contributed by atoms with van der Waals surface area (Å²) < 4.78 is 29.7. The van der Waals surface area contributed by atoms with Gasteiger partial charge in [0, 0.05) is 35.6 Å². The van der Waals surface area contributed by atoms with Gasteiger partial charge in [-0.15, -0.1) is 0 Å². The minimum absolute atomic E-state index is 0.0476. The van der Waals surface area contributed by atoms with E-state index in [1.807, 2.05) is 11.0 Å². The third kappa shape index (κ3) is 4.65. The SMILES string of the molecule is CS.N[C@H]1CCCN(C(=O)Cn2ncc3cccc(-c4cccc(F)c4F)c32)CC1. The zero-order chi connectivity index (χ0) is 21.7. The molecule has 2 heterocycles. The van der Waals surface area contributed by atoms with Gasteiger partial charge in [0.05, 0.1) is 11.7 Å². The van der Waals surface area contributed by atoms with Crippen molar-refractivity contribution in [3.63, 3.8) is 0 Å². The first-order valence-electron chi connectivity index (χ1n) is 9.91. The molecule has 3 aromatic rings. The van der Waals surface area contributed by atoms with Gasteiger partial charge in [0.15, 0.2) is 11.6 Å². The second-order valence-corrected chi connectivity index (χ2v) is 7.22. The predicted octanol–water partition coefficient (Wildman–Crippen LogP) is 3.87. The van der Waals surface area contributed by atoms with Crippen molar-refractivity contribution in [3.05, 3.63) is 54.2 Å². The van der Waals surface area contributed by atoms with E-state index < -0.39 is 11.6 Å². The second-order valence-electron chi connectivity index (χ2n) is 7.22. The fourth-order valence-electron chi connectivity index (χ4n) is 3.79. The summed E-state index contributed by atoms with van der Waals surface area (Å²) in [5.41, 5.74) is 7.28. The Morgan fingerprint density at radius 1 is 1.13 bits per heavy atom. The van der Waals surface area contributed by atoms with Crippen molar-refractivity contribution in [1.82, 2.24) is 14.7 Å². The smallest absolute Gasteiger partial charge is 0.244 e. The molecule has 5 nitrogen and oxygen atoms in total. The number of rotatable bonds is 3. The number of carbonyl (C=O) groups excluding carboxylic acids is 1. The molecule has 1 aliphatic rings. The van der Waals surface area contributed by atoms with Crippen LogP contribution in [0.1, 0.15) is 19.3 Å². The monoisotopic (exact) mass is 432 g/mol. The fourth-order valence-corrected chi connectivity index (χ4v) is 3.79. The molecule has 1 atom stereocenters. The van der Waals surface area contributed by atoms with Crippen molar-refractivity contribution in [2.45, 2.75) is 31.8 Å². The number of halogens is 2. The van der Waals surface area contributed by atoms with Gasteiger partial charge in [-0.3, -0.25) is 9.48 Å². The number of hydrogen-bond acceptors (Lipinski definition) is 4. The van der Waals surface area contributed by atoms with Gasteiger partial charge in [-0.2, -0.15) is 17.7 Å². The molecular weight excluding hydrogens is 406 g/mol. The number of benzene rings is 2. The fraction of sp³-hybridized carbons (Fsp3) is 0.364. The van der Waals surface area contributed by atoms with E-state index in [0.29, 0.717) is 24.2 Å². The van der Waals surface area contributed by atoms with E-state index >= 15 is 0 Å². The van der Waals surface area contributed by atoms with Crippen molar-refractivity contribution in [3.8, 4) is 11.1 Å². The van der Waals surface area contributed by atoms with Crippen molar-refractivity contribution in [2.75, 3.05) is 19.3 Å². The van der Waals surface area contributed by atoms with Crippen LogP contribution in [-0.2, 0) is 11.3 Å². The van der Waals surface area contributed by atoms with Crippen molar-refractivity contribution in [2.24, 2.45) is 5.73 Å². The van der Waals surface area contributed by atoms with E-state index in [2.05, 4.69) is 17.7 Å². The van der Waals surface area contributed by atoms with Crippen LogP contribution in [0.3, 0.4) is 0 Å². The normalized spacial score (nSPS) is 16.7. The summed E-state index contributed by atoms with van der Waals surface area (Å²) in [7, 11) is 0. The van der Waals surface area contributed by atoms with E-state index in [0.717, 1.165) is 30.7 Å². The summed E-state index contributed by atoms with van der Waals surface area (Å²) in [5.74, 6) is -1.86. The topological polar surface area (TPSA) is 64.2 Å². The Kier molecular flexibility index (Phi) is 7.44. The van der Waals surface area contributed by atoms with Gasteiger partial charge in [0.2, 0.25) is 5.91 Å². The summed E-state index contributed by atoms with van der Waals surface area (Å²) in [6, 6.07) is 9.55. The highest BCUT2D eigenvalue weighted by atomic mass is 32.1. The van der Waals surface area contributed by atoms with E-state index in [-0.39, 0.29) is 24.1 Å². The molecule has 4 rings (SSSR count). The van der Waals surface area contributed by atoms with E-state index in [4.69, 9.17) is 5.73 Å². The van der Waals surface area contributed by atoms with Gasteiger partial charge in [-0.25, -0.2) is 8.78 Å². The van der Waals surface area contributed by atoms with E-state index in [1.54, 1.807) is 29.3 Å². The van der Waals surface area contributed by atoms with Crippen LogP contribution in [0.25, 0.3) is 22.0 Å². The van der Waals surface area contributed by atoms with Gasteiger partial charge in [0.1, 0.15) is 6.54 Å². The number of hydrogen-bond donors (Lipinski definition) is 2. The Hall–Kier alpha value is -2.45. The zero-order valence-corrected chi connectivity index (χ0v) is 17.8. The Morgan fingerprint density at radius 3 is 2.67 bits per heavy atom. The number of carbonyl (C=O) groups is 1. The largest absolute Gasteiger partial charge is 0.341 e. The number of aromatic nitrogens is 2. The second kappa shape index (κ2) is 10.0. The van der Waals surface area contributed by atoms with Crippen LogP contribution in [0.5, 0.6) is 0 Å². The highest BCUT2D eigenvalue weighted by Crippen LogP contribution is 2.31. The lowest BCUT2D eigenvalue weighted by molar-refractivity contribution is -0.131. The van der Waals surface area contributed by atoms with Gasteiger partial charge in [0.25, 0.3) is 0 Å². The van der Waals surface area contributed by atoms with E-state index in [1.165, 1.54) is 12.1 Å². The average molecular weight is 433 g/mol. The maximum atomic E-state index is 14.4. The number of nitrogens with two attached hydrogens (primary N) is 1. The lowest BCUT2D eigenvalue weighted by atomic mass is 10.0. The van der Waals surface area contributed by atoms with Crippen LogP contribution in [0, 0.1) is 11.6 Å². The molecule has 0 radical (unpaired) electrons. The minimum atomic E-state index is -0.907. The minimum Gasteiger partial charge on any atom is -0.341 e. The van der Waals surface area contributed by atoms with Crippen LogP contribution < -0.4 is 5.73 Å². The summed E-state index contributed by atoms with van der Waals surface area (Å²) in [5, 5.41) is 5.11. The summed E-state index contributed by atoms with van der Waals surface area (Å²) >= 11 is 3.53.